The number of hydrogen-bond acceptors (Lipinski definition) is 5. The molecular formula is C25H37N3O3. The van der Waals surface area contributed by atoms with Crippen LogP contribution in [0, 0.1) is 5.92 Å². The summed E-state index contributed by atoms with van der Waals surface area (Å²) in [6, 6.07) is 6.67. The minimum absolute atomic E-state index is 0.284. The first-order chi connectivity index (χ1) is 15.3. The first-order valence-electron chi connectivity index (χ1n) is 12.4. The highest BCUT2D eigenvalue weighted by Gasteiger charge is 2.35. The van der Waals surface area contributed by atoms with Gasteiger partial charge < -0.3 is 19.3 Å². The van der Waals surface area contributed by atoms with Gasteiger partial charge in [0.05, 0.1) is 0 Å². The molecule has 3 fully saturated rings. The highest BCUT2D eigenvalue weighted by atomic mass is 16.6. The molecule has 0 aromatic heterocycles. The first-order valence-corrected chi connectivity index (χ1v) is 12.4. The Kier molecular flexibility index (Phi) is 6.65. The van der Waals surface area contributed by atoms with Gasteiger partial charge in [0.1, 0.15) is 13.2 Å². The molecule has 0 N–H and O–H groups in total. The van der Waals surface area contributed by atoms with E-state index in [1.807, 2.05) is 6.07 Å². The van der Waals surface area contributed by atoms with Crippen molar-refractivity contribution in [2.24, 2.45) is 5.92 Å². The lowest BCUT2D eigenvalue weighted by molar-refractivity contribution is -0.142. The van der Waals surface area contributed by atoms with E-state index in [4.69, 9.17) is 9.47 Å². The average Bonchev–Trinajstić information content (AvgIpc) is 3.27. The maximum absolute atomic E-state index is 13.3. The highest BCUT2D eigenvalue weighted by Crippen LogP contribution is 2.32. The fraction of sp³-hybridized carbons (Fsp3) is 0.720. The number of carbonyl (C=O) groups excluding carboxylic acids is 1. The monoisotopic (exact) mass is 427 g/mol. The molecule has 3 aliphatic heterocycles. The molecular weight excluding hydrogens is 390 g/mol. The lowest BCUT2D eigenvalue weighted by atomic mass is 9.83. The van der Waals surface area contributed by atoms with E-state index in [1.54, 1.807) is 0 Å². The van der Waals surface area contributed by atoms with Crippen molar-refractivity contribution in [1.82, 2.24) is 14.7 Å². The van der Waals surface area contributed by atoms with Crippen LogP contribution in [-0.2, 0) is 11.3 Å². The number of piperidine rings is 1. The number of hydrogen-bond donors (Lipinski definition) is 0. The van der Waals surface area contributed by atoms with Crippen LogP contribution in [-0.4, -0.2) is 79.1 Å². The topological polar surface area (TPSA) is 45.3 Å². The van der Waals surface area contributed by atoms with Crippen molar-refractivity contribution in [3.05, 3.63) is 23.8 Å². The summed E-state index contributed by atoms with van der Waals surface area (Å²) in [5.41, 5.74) is 1.26. The van der Waals surface area contributed by atoms with Crippen LogP contribution in [0.25, 0.3) is 0 Å². The summed E-state index contributed by atoms with van der Waals surface area (Å²) in [6.45, 7) is 8.58. The Morgan fingerprint density at radius 2 is 1.71 bits per heavy atom. The maximum Gasteiger partial charge on any atom is 0.226 e. The largest absolute Gasteiger partial charge is 0.486 e. The molecule has 6 heteroatoms. The van der Waals surface area contributed by atoms with Crippen LogP contribution in [0.4, 0.5) is 0 Å². The number of ether oxygens (including phenoxy) is 2. The van der Waals surface area contributed by atoms with Gasteiger partial charge in [-0.1, -0.05) is 12.5 Å². The van der Waals surface area contributed by atoms with Gasteiger partial charge >= 0.3 is 0 Å². The average molecular weight is 428 g/mol. The van der Waals surface area contributed by atoms with Crippen molar-refractivity contribution in [1.29, 1.82) is 0 Å². The molecule has 1 aromatic carbocycles. The van der Waals surface area contributed by atoms with Crippen LogP contribution in [0.1, 0.15) is 50.5 Å². The van der Waals surface area contributed by atoms with Crippen molar-refractivity contribution in [2.45, 2.75) is 57.5 Å². The van der Waals surface area contributed by atoms with Crippen molar-refractivity contribution in [3.63, 3.8) is 0 Å². The van der Waals surface area contributed by atoms with E-state index in [0.29, 0.717) is 25.2 Å². The van der Waals surface area contributed by atoms with Crippen LogP contribution >= 0.6 is 0 Å². The van der Waals surface area contributed by atoms with E-state index in [9.17, 15) is 4.79 Å². The first kappa shape index (κ1) is 21.1. The van der Waals surface area contributed by atoms with Gasteiger partial charge in [0.15, 0.2) is 11.5 Å². The predicted molar refractivity (Wildman–Crippen MR) is 120 cm³/mol. The van der Waals surface area contributed by atoms with Crippen molar-refractivity contribution in [2.75, 3.05) is 52.5 Å². The fourth-order valence-corrected chi connectivity index (χ4v) is 5.49. The molecule has 170 valence electrons. The summed E-state index contributed by atoms with van der Waals surface area (Å²) >= 11 is 0. The molecule has 1 saturated carbocycles. The summed E-state index contributed by atoms with van der Waals surface area (Å²) in [7, 11) is 0. The quantitative estimate of drug-likeness (QED) is 0.669. The summed E-state index contributed by atoms with van der Waals surface area (Å²) in [5.74, 6) is 2.43. The number of rotatable bonds is 7. The van der Waals surface area contributed by atoms with Gasteiger partial charge in [0, 0.05) is 38.1 Å². The van der Waals surface area contributed by atoms with Crippen molar-refractivity contribution >= 4 is 5.91 Å². The zero-order valence-electron chi connectivity index (χ0n) is 18.8. The molecule has 1 atom stereocenters. The second-order valence-electron chi connectivity index (χ2n) is 9.72. The summed E-state index contributed by atoms with van der Waals surface area (Å²) in [5, 5.41) is 0. The number of likely N-dealkylation sites (tertiary alicyclic amines) is 2. The van der Waals surface area contributed by atoms with Gasteiger partial charge in [-0.15, -0.1) is 0 Å². The van der Waals surface area contributed by atoms with Crippen molar-refractivity contribution < 1.29 is 14.3 Å². The molecule has 1 aliphatic carbocycles. The van der Waals surface area contributed by atoms with E-state index in [1.165, 1.54) is 37.9 Å². The SMILES string of the molecule is O=C(C1CCC1)N(CCN1CCCC1)C1CCCN(Cc2ccc3c(c2)OCCO3)C1. The van der Waals surface area contributed by atoms with Gasteiger partial charge in [0.2, 0.25) is 5.91 Å². The lowest BCUT2D eigenvalue weighted by Gasteiger charge is -2.42. The van der Waals surface area contributed by atoms with Gasteiger partial charge in [0.25, 0.3) is 0 Å². The molecule has 3 heterocycles. The third-order valence-corrected chi connectivity index (χ3v) is 7.53. The number of benzene rings is 1. The molecule has 1 unspecified atom stereocenters. The summed E-state index contributed by atoms with van der Waals surface area (Å²) < 4.78 is 11.4. The number of amides is 1. The Labute approximate surface area is 186 Å². The Morgan fingerprint density at radius 1 is 0.935 bits per heavy atom. The fourth-order valence-electron chi connectivity index (χ4n) is 5.49. The van der Waals surface area contributed by atoms with Gasteiger partial charge in [-0.2, -0.15) is 0 Å². The van der Waals surface area contributed by atoms with Crippen molar-refractivity contribution in [3.8, 4) is 11.5 Å². The molecule has 1 aromatic rings. The Bertz CT molecular complexity index is 760. The van der Waals surface area contributed by atoms with Crippen LogP contribution in [0.3, 0.4) is 0 Å². The predicted octanol–water partition coefficient (Wildman–Crippen LogP) is 3.15. The summed E-state index contributed by atoms with van der Waals surface area (Å²) in [6.07, 6.45) is 8.31. The Hall–Kier alpha value is -1.79. The third-order valence-electron chi connectivity index (χ3n) is 7.53. The minimum Gasteiger partial charge on any atom is -0.486 e. The molecule has 31 heavy (non-hydrogen) atoms. The Morgan fingerprint density at radius 3 is 2.48 bits per heavy atom. The zero-order chi connectivity index (χ0) is 21.0. The van der Waals surface area contributed by atoms with E-state index >= 15 is 0 Å². The second kappa shape index (κ2) is 9.78. The van der Waals surface area contributed by atoms with Crippen LogP contribution in [0.15, 0.2) is 18.2 Å². The normalized spacial score (nSPS) is 24.7. The van der Waals surface area contributed by atoms with Crippen LogP contribution < -0.4 is 9.47 Å². The van der Waals surface area contributed by atoms with Gasteiger partial charge in [-0.25, -0.2) is 0 Å². The Balaban J connectivity index is 1.23. The molecule has 0 bridgehead atoms. The number of fused-ring (bicyclic) bond motifs is 1. The van der Waals surface area contributed by atoms with Crippen LogP contribution in [0.5, 0.6) is 11.5 Å². The van der Waals surface area contributed by atoms with E-state index in [0.717, 1.165) is 69.9 Å². The van der Waals surface area contributed by atoms with E-state index in [-0.39, 0.29) is 5.92 Å². The number of carbonyl (C=O) groups is 1. The molecule has 4 aliphatic rings. The van der Waals surface area contributed by atoms with Crippen LogP contribution in [0.2, 0.25) is 0 Å². The number of nitrogens with zero attached hydrogens (tertiary/aromatic N) is 3. The molecule has 0 spiro atoms. The standard InChI is InChI=1S/C25H37N3O3/c29-25(21-5-3-6-21)28(14-13-26-10-1-2-11-26)22-7-4-12-27(19-22)18-20-8-9-23-24(17-20)31-16-15-30-23/h8-9,17,21-22H,1-7,10-16,18-19H2. The molecule has 1 amide bonds. The molecule has 2 saturated heterocycles. The summed E-state index contributed by atoms with van der Waals surface area (Å²) in [4.78, 5) is 20.7. The maximum atomic E-state index is 13.3. The zero-order valence-corrected chi connectivity index (χ0v) is 18.8. The highest BCUT2D eigenvalue weighted by molar-refractivity contribution is 5.80. The van der Waals surface area contributed by atoms with Gasteiger partial charge in [-0.3, -0.25) is 9.69 Å². The molecule has 0 radical (unpaired) electrons. The third kappa shape index (κ3) is 5.01. The lowest BCUT2D eigenvalue weighted by Crippen LogP contribution is -2.54. The van der Waals surface area contributed by atoms with E-state index in [2.05, 4.69) is 26.8 Å². The second-order valence-corrected chi connectivity index (χ2v) is 9.72. The minimum atomic E-state index is 0.284. The molecule has 5 rings (SSSR count). The molecule has 6 nitrogen and oxygen atoms in total. The van der Waals surface area contributed by atoms with E-state index < -0.39 is 0 Å². The smallest absolute Gasteiger partial charge is 0.226 e. The van der Waals surface area contributed by atoms with Gasteiger partial charge in [-0.05, 0) is 75.9 Å².